The van der Waals surface area contributed by atoms with E-state index in [4.69, 9.17) is 0 Å². The highest BCUT2D eigenvalue weighted by atomic mass is 79.9. The van der Waals surface area contributed by atoms with Crippen LogP contribution in [0.15, 0.2) is 22.7 Å². The van der Waals surface area contributed by atoms with Crippen LogP contribution < -0.4 is 4.90 Å². The van der Waals surface area contributed by atoms with Crippen LogP contribution in [0.4, 0.5) is 11.4 Å². The molecule has 1 heterocycles. The predicted octanol–water partition coefficient (Wildman–Crippen LogP) is 3.69. The van der Waals surface area contributed by atoms with Gasteiger partial charge in [0.25, 0.3) is 5.69 Å². The molecule has 0 saturated carbocycles. The normalized spacial score (nSPS) is 24.1. The van der Waals surface area contributed by atoms with Crippen LogP contribution in [0.25, 0.3) is 0 Å². The lowest BCUT2D eigenvalue weighted by Gasteiger charge is -2.38. The van der Waals surface area contributed by atoms with Crippen molar-refractivity contribution in [3.63, 3.8) is 0 Å². The van der Waals surface area contributed by atoms with E-state index in [9.17, 15) is 10.1 Å². The minimum atomic E-state index is -0.306. The second kappa shape index (κ2) is 5.48. The van der Waals surface area contributed by atoms with E-state index in [1.54, 1.807) is 6.07 Å². The highest BCUT2D eigenvalue weighted by Crippen LogP contribution is 2.36. The molecule has 0 aromatic heterocycles. The van der Waals surface area contributed by atoms with Gasteiger partial charge in [0.2, 0.25) is 0 Å². The molecule has 1 aliphatic heterocycles. The van der Waals surface area contributed by atoms with Gasteiger partial charge in [0.05, 0.1) is 4.92 Å². The molecule has 1 aromatic carbocycles. The molecule has 0 spiro atoms. The van der Waals surface area contributed by atoms with E-state index >= 15 is 0 Å². The topological polar surface area (TPSA) is 46.4 Å². The van der Waals surface area contributed by atoms with Gasteiger partial charge < -0.3 is 4.90 Å². The average molecular weight is 331 g/mol. The summed E-state index contributed by atoms with van der Waals surface area (Å²) in [6.07, 6.45) is 0. The number of benzene rings is 1. The summed E-state index contributed by atoms with van der Waals surface area (Å²) in [7, 11) is 0. The van der Waals surface area contributed by atoms with Gasteiger partial charge in [-0.3, -0.25) is 10.1 Å². The molecule has 6 heteroatoms. The van der Waals surface area contributed by atoms with Gasteiger partial charge in [-0.2, -0.15) is 11.8 Å². The molecule has 0 radical (unpaired) electrons. The second-order valence-corrected chi connectivity index (χ2v) is 6.80. The summed E-state index contributed by atoms with van der Waals surface area (Å²) < 4.78 is 0.741. The lowest BCUT2D eigenvalue weighted by atomic mass is 10.1. The second-order valence-electron chi connectivity index (χ2n) is 4.40. The van der Waals surface area contributed by atoms with Crippen molar-refractivity contribution in [3.05, 3.63) is 32.8 Å². The van der Waals surface area contributed by atoms with Gasteiger partial charge in [0.1, 0.15) is 5.69 Å². The molecular formula is C12H15BrN2O2S. The first kappa shape index (κ1) is 13.7. The monoisotopic (exact) mass is 330 g/mol. The number of anilines is 1. The molecule has 18 heavy (non-hydrogen) atoms. The number of nitro benzene ring substituents is 1. The van der Waals surface area contributed by atoms with E-state index in [-0.39, 0.29) is 10.6 Å². The first-order chi connectivity index (χ1) is 8.50. The van der Waals surface area contributed by atoms with Crippen molar-refractivity contribution in [2.24, 2.45) is 0 Å². The largest absolute Gasteiger partial charge is 0.361 e. The van der Waals surface area contributed by atoms with Gasteiger partial charge in [0.15, 0.2) is 0 Å². The lowest BCUT2D eigenvalue weighted by Crippen LogP contribution is -2.45. The maximum absolute atomic E-state index is 11.2. The Kier molecular flexibility index (Phi) is 4.17. The van der Waals surface area contributed by atoms with Crippen LogP contribution in [-0.2, 0) is 0 Å². The molecule has 2 unspecified atom stereocenters. The van der Waals surface area contributed by atoms with Gasteiger partial charge in [-0.1, -0.05) is 22.9 Å². The zero-order chi connectivity index (χ0) is 13.3. The maximum atomic E-state index is 11.2. The van der Waals surface area contributed by atoms with Crippen molar-refractivity contribution < 1.29 is 4.92 Å². The Bertz CT molecular complexity index is 469. The quantitative estimate of drug-likeness (QED) is 0.612. The number of nitrogens with zero attached hydrogens (tertiary/aromatic N) is 2. The summed E-state index contributed by atoms with van der Waals surface area (Å²) in [5.41, 5.74) is 0.901. The molecule has 0 bridgehead atoms. The summed E-state index contributed by atoms with van der Waals surface area (Å²) in [5, 5.41) is 11.6. The number of rotatable bonds is 2. The van der Waals surface area contributed by atoms with Gasteiger partial charge in [-0.25, -0.2) is 0 Å². The number of nitro groups is 1. The van der Waals surface area contributed by atoms with Gasteiger partial charge in [0, 0.05) is 34.1 Å². The molecule has 2 rings (SSSR count). The summed E-state index contributed by atoms with van der Waals surface area (Å²) in [4.78, 5) is 13.0. The van der Waals surface area contributed by atoms with E-state index in [1.807, 2.05) is 23.9 Å². The molecule has 0 aliphatic carbocycles. The van der Waals surface area contributed by atoms with Crippen molar-refractivity contribution >= 4 is 39.1 Å². The van der Waals surface area contributed by atoms with Crippen molar-refractivity contribution in [2.75, 3.05) is 17.2 Å². The van der Waals surface area contributed by atoms with Crippen LogP contribution in [0.5, 0.6) is 0 Å². The van der Waals surface area contributed by atoms with Gasteiger partial charge >= 0.3 is 0 Å². The molecule has 4 nitrogen and oxygen atoms in total. The minimum Gasteiger partial charge on any atom is -0.361 e. The SMILES string of the molecule is CC1SCCN(c2ccc(Br)cc2[N+](=O)[O-])C1C. The highest BCUT2D eigenvalue weighted by molar-refractivity contribution is 9.10. The third kappa shape index (κ3) is 2.64. The molecule has 98 valence electrons. The molecule has 1 fully saturated rings. The highest BCUT2D eigenvalue weighted by Gasteiger charge is 2.29. The first-order valence-electron chi connectivity index (χ1n) is 5.83. The fraction of sp³-hybridized carbons (Fsp3) is 0.500. The van der Waals surface area contributed by atoms with Gasteiger partial charge in [-0.15, -0.1) is 0 Å². The Balaban J connectivity index is 2.40. The third-order valence-corrected chi connectivity index (χ3v) is 5.16. The fourth-order valence-electron chi connectivity index (χ4n) is 2.16. The van der Waals surface area contributed by atoms with E-state index in [1.165, 1.54) is 0 Å². The Labute approximate surface area is 119 Å². The van der Waals surface area contributed by atoms with E-state index in [0.717, 1.165) is 22.5 Å². The summed E-state index contributed by atoms with van der Waals surface area (Å²) in [5.74, 6) is 1.01. The van der Waals surface area contributed by atoms with Crippen LogP contribution in [0.1, 0.15) is 13.8 Å². The number of hydrogen-bond acceptors (Lipinski definition) is 4. The summed E-state index contributed by atoms with van der Waals surface area (Å²) >= 11 is 5.21. The third-order valence-electron chi connectivity index (χ3n) is 3.33. The minimum absolute atomic E-state index is 0.176. The van der Waals surface area contributed by atoms with Crippen molar-refractivity contribution in [3.8, 4) is 0 Å². The molecule has 0 N–H and O–H groups in total. The smallest absolute Gasteiger partial charge is 0.293 e. The Hall–Kier alpha value is -0.750. The summed E-state index contributed by atoms with van der Waals surface area (Å²) in [6, 6.07) is 5.58. The maximum Gasteiger partial charge on any atom is 0.293 e. The molecular weight excluding hydrogens is 316 g/mol. The predicted molar refractivity (Wildman–Crippen MR) is 79.5 cm³/mol. The van der Waals surface area contributed by atoms with Crippen molar-refractivity contribution in [1.82, 2.24) is 0 Å². The molecule has 2 atom stereocenters. The van der Waals surface area contributed by atoms with E-state index in [2.05, 4.69) is 34.7 Å². The Morgan fingerprint density at radius 3 is 2.89 bits per heavy atom. The van der Waals surface area contributed by atoms with E-state index in [0.29, 0.717) is 11.3 Å². The van der Waals surface area contributed by atoms with Crippen LogP contribution in [-0.4, -0.2) is 28.5 Å². The van der Waals surface area contributed by atoms with Crippen molar-refractivity contribution in [2.45, 2.75) is 25.1 Å². The molecule has 1 saturated heterocycles. The number of halogens is 1. The number of thioether (sulfide) groups is 1. The average Bonchev–Trinajstić information content (AvgIpc) is 2.33. The van der Waals surface area contributed by atoms with Gasteiger partial charge in [-0.05, 0) is 19.1 Å². The van der Waals surface area contributed by atoms with Crippen LogP contribution in [0.3, 0.4) is 0 Å². The Morgan fingerprint density at radius 2 is 2.22 bits per heavy atom. The molecule has 1 aromatic rings. The molecule has 1 aliphatic rings. The zero-order valence-electron chi connectivity index (χ0n) is 10.3. The van der Waals surface area contributed by atoms with Crippen LogP contribution in [0.2, 0.25) is 0 Å². The Morgan fingerprint density at radius 1 is 1.50 bits per heavy atom. The lowest BCUT2D eigenvalue weighted by molar-refractivity contribution is -0.384. The first-order valence-corrected chi connectivity index (χ1v) is 7.67. The van der Waals surface area contributed by atoms with E-state index < -0.39 is 0 Å². The molecule has 0 amide bonds. The fourth-order valence-corrected chi connectivity index (χ4v) is 3.61. The summed E-state index contributed by atoms with van der Waals surface area (Å²) in [6.45, 7) is 5.16. The van der Waals surface area contributed by atoms with Crippen LogP contribution in [0, 0.1) is 10.1 Å². The van der Waals surface area contributed by atoms with Crippen molar-refractivity contribution in [1.29, 1.82) is 0 Å². The number of hydrogen-bond donors (Lipinski definition) is 0. The van der Waals surface area contributed by atoms with Crippen LogP contribution >= 0.6 is 27.7 Å². The zero-order valence-corrected chi connectivity index (χ0v) is 12.7. The standard InChI is InChI=1S/C12H15BrN2O2S/c1-8-9(2)18-6-5-14(8)11-4-3-10(13)7-12(11)15(16)17/h3-4,7-9H,5-6H2,1-2H3.